The van der Waals surface area contributed by atoms with Gasteiger partial charge in [0.15, 0.2) is 0 Å². The van der Waals surface area contributed by atoms with Crippen LogP contribution in [0.1, 0.15) is 0 Å². The molecule has 9 heteroatoms. The molecule has 13 heavy (non-hydrogen) atoms. The summed E-state index contributed by atoms with van der Waals surface area (Å²) in [5, 5.41) is 0. The molecule has 0 aromatic rings. The molecule has 0 spiro atoms. The fourth-order valence-corrected chi connectivity index (χ4v) is 4.49. The van der Waals surface area contributed by atoms with Crippen molar-refractivity contribution in [1.82, 2.24) is 0 Å². The predicted octanol–water partition coefficient (Wildman–Crippen LogP) is 0.158. The molecule has 0 amide bonds. The SMILES string of the molecule is O=S(O)(=S)CCSCCS(=O)(O)=S. The monoisotopic (exact) mass is 282 g/mol. The Labute approximate surface area is 91.9 Å². The maximum Gasteiger partial charge on any atom is 0.142 e. The van der Waals surface area contributed by atoms with Crippen LogP contribution in [0.2, 0.25) is 0 Å². The van der Waals surface area contributed by atoms with Crippen molar-refractivity contribution in [1.29, 1.82) is 0 Å². The van der Waals surface area contributed by atoms with Gasteiger partial charge in [-0.25, -0.2) is 8.42 Å². The Hall–Kier alpha value is 1.01. The summed E-state index contributed by atoms with van der Waals surface area (Å²) in [5.74, 6) is 0.863. The van der Waals surface area contributed by atoms with E-state index in [2.05, 4.69) is 22.4 Å². The summed E-state index contributed by atoms with van der Waals surface area (Å²) >= 11 is 9.80. The van der Waals surface area contributed by atoms with Crippen LogP contribution in [-0.4, -0.2) is 40.5 Å². The van der Waals surface area contributed by atoms with Gasteiger partial charge in [-0.05, 0) is 0 Å². The van der Waals surface area contributed by atoms with Crippen LogP contribution in [-0.2, 0) is 39.9 Å². The highest BCUT2D eigenvalue weighted by atomic mass is 32.8. The van der Waals surface area contributed by atoms with Crippen molar-refractivity contribution in [2.75, 3.05) is 23.0 Å². The zero-order valence-electron chi connectivity index (χ0n) is 6.58. The summed E-state index contributed by atoms with van der Waals surface area (Å²) in [6.45, 7) is 0. The number of thioether (sulfide) groups is 1. The second-order valence-electron chi connectivity index (χ2n) is 2.18. The highest BCUT2D eigenvalue weighted by Crippen LogP contribution is 2.02. The van der Waals surface area contributed by atoms with Crippen LogP contribution >= 0.6 is 11.8 Å². The largest absolute Gasteiger partial charge is 0.306 e. The van der Waals surface area contributed by atoms with Crippen molar-refractivity contribution >= 4 is 51.7 Å². The molecule has 4 nitrogen and oxygen atoms in total. The lowest BCUT2D eigenvalue weighted by atomic mass is 10.9. The van der Waals surface area contributed by atoms with Crippen molar-refractivity contribution in [3.05, 3.63) is 0 Å². The summed E-state index contributed by atoms with van der Waals surface area (Å²) in [4.78, 5) is 0. The lowest BCUT2D eigenvalue weighted by Crippen LogP contribution is -2.08. The molecule has 0 saturated heterocycles. The number of hydrogen-bond donors (Lipinski definition) is 2. The normalized spacial score (nSPS) is 20.5. The topological polar surface area (TPSA) is 74.6 Å². The Bertz CT molecular complexity index is 294. The van der Waals surface area contributed by atoms with Crippen molar-refractivity contribution < 1.29 is 17.5 Å². The Morgan fingerprint density at radius 1 is 1.00 bits per heavy atom. The van der Waals surface area contributed by atoms with Gasteiger partial charge in [0.25, 0.3) is 0 Å². The van der Waals surface area contributed by atoms with Gasteiger partial charge >= 0.3 is 0 Å². The van der Waals surface area contributed by atoms with Crippen molar-refractivity contribution in [3.63, 3.8) is 0 Å². The van der Waals surface area contributed by atoms with Crippen LogP contribution in [0.15, 0.2) is 0 Å². The first-order chi connectivity index (χ1) is 5.71. The molecular formula is C4H10O4S5. The summed E-state index contributed by atoms with van der Waals surface area (Å²) < 4.78 is 38.5. The smallest absolute Gasteiger partial charge is 0.142 e. The maximum atomic E-state index is 10.6. The van der Waals surface area contributed by atoms with E-state index in [1.807, 2.05) is 0 Å². The Morgan fingerprint density at radius 3 is 1.54 bits per heavy atom. The van der Waals surface area contributed by atoms with Gasteiger partial charge in [-0.3, -0.25) is 0 Å². The third-order valence-electron chi connectivity index (χ3n) is 0.971. The van der Waals surface area contributed by atoms with E-state index in [1.165, 1.54) is 11.8 Å². The zero-order valence-corrected chi connectivity index (χ0v) is 10.7. The molecule has 0 aromatic carbocycles. The molecule has 2 atom stereocenters. The van der Waals surface area contributed by atoms with Crippen LogP contribution < -0.4 is 0 Å². The van der Waals surface area contributed by atoms with Gasteiger partial charge in [0, 0.05) is 33.9 Å². The minimum atomic E-state index is -3.09. The predicted molar refractivity (Wildman–Crippen MR) is 63.3 cm³/mol. The molecule has 0 aliphatic rings. The van der Waals surface area contributed by atoms with Crippen LogP contribution in [0.3, 0.4) is 0 Å². The van der Waals surface area contributed by atoms with Gasteiger partial charge in [0.1, 0.15) is 17.5 Å². The van der Waals surface area contributed by atoms with Crippen LogP contribution in [0.5, 0.6) is 0 Å². The molecule has 0 bridgehead atoms. The first-order valence-electron chi connectivity index (χ1n) is 3.19. The number of hydrogen-bond acceptors (Lipinski definition) is 5. The molecule has 2 unspecified atom stereocenters. The number of rotatable bonds is 6. The lowest BCUT2D eigenvalue weighted by molar-refractivity contribution is 0.562. The maximum absolute atomic E-state index is 10.6. The van der Waals surface area contributed by atoms with Gasteiger partial charge in [-0.15, -0.1) is 0 Å². The van der Waals surface area contributed by atoms with Crippen molar-refractivity contribution in [2.24, 2.45) is 0 Å². The summed E-state index contributed by atoms with van der Waals surface area (Å²) in [5.41, 5.74) is 0. The fourth-order valence-electron chi connectivity index (χ4n) is 0.431. The summed E-state index contributed by atoms with van der Waals surface area (Å²) in [6.07, 6.45) is 0. The Kier molecular flexibility index (Phi) is 6.23. The van der Waals surface area contributed by atoms with Crippen molar-refractivity contribution in [3.8, 4) is 0 Å². The zero-order chi connectivity index (χ0) is 10.5. The second kappa shape index (κ2) is 5.79. The minimum Gasteiger partial charge on any atom is -0.306 e. The van der Waals surface area contributed by atoms with Crippen LogP contribution in [0, 0.1) is 0 Å². The first kappa shape index (κ1) is 14.0. The van der Waals surface area contributed by atoms with Gasteiger partial charge in [-0.1, -0.05) is 0 Å². The van der Waals surface area contributed by atoms with E-state index in [0.29, 0.717) is 11.5 Å². The van der Waals surface area contributed by atoms with Gasteiger partial charge in [0.05, 0.1) is 11.5 Å². The molecular weight excluding hydrogens is 272 g/mol. The Balaban J connectivity index is 3.50. The average Bonchev–Trinajstić information content (AvgIpc) is 1.81. The summed E-state index contributed by atoms with van der Waals surface area (Å²) in [7, 11) is -6.17. The van der Waals surface area contributed by atoms with Crippen molar-refractivity contribution in [2.45, 2.75) is 0 Å². The molecule has 0 radical (unpaired) electrons. The highest BCUT2D eigenvalue weighted by molar-refractivity contribution is 8.30. The second-order valence-corrected chi connectivity index (χ2v) is 9.68. The molecule has 80 valence electrons. The Morgan fingerprint density at radius 2 is 1.31 bits per heavy atom. The highest BCUT2D eigenvalue weighted by Gasteiger charge is 2.02. The van der Waals surface area contributed by atoms with Crippen LogP contribution in [0.25, 0.3) is 0 Å². The van der Waals surface area contributed by atoms with Crippen LogP contribution in [0.4, 0.5) is 0 Å². The molecule has 2 N–H and O–H groups in total. The molecule has 0 saturated carbocycles. The van der Waals surface area contributed by atoms with Gasteiger partial charge in [0.2, 0.25) is 0 Å². The lowest BCUT2D eigenvalue weighted by Gasteiger charge is -2.00. The van der Waals surface area contributed by atoms with E-state index in [4.69, 9.17) is 9.11 Å². The quantitative estimate of drug-likeness (QED) is 0.672. The standard InChI is InChI=1S/C4H10O4S5/c5-12(6,9)3-1-11-2-4-13(7,8)10/h1-4H2,(H,5,6,9)(H,7,8,10). The average molecular weight is 282 g/mol. The molecule has 0 rings (SSSR count). The van der Waals surface area contributed by atoms with Gasteiger partial charge in [-0.2, -0.15) is 11.8 Å². The molecule has 0 fully saturated rings. The minimum absolute atomic E-state index is 0.0248. The fraction of sp³-hybridized carbons (Fsp3) is 1.00. The molecule has 0 aromatic heterocycles. The third-order valence-corrected chi connectivity index (χ3v) is 4.91. The molecule has 0 aliphatic heterocycles. The van der Waals surface area contributed by atoms with E-state index in [0.717, 1.165) is 0 Å². The van der Waals surface area contributed by atoms with E-state index in [-0.39, 0.29) is 11.5 Å². The van der Waals surface area contributed by atoms with E-state index < -0.39 is 17.5 Å². The van der Waals surface area contributed by atoms with Gasteiger partial charge < -0.3 is 9.11 Å². The first-order valence-corrected chi connectivity index (χ1v) is 9.56. The van der Waals surface area contributed by atoms with E-state index >= 15 is 0 Å². The molecule has 0 aliphatic carbocycles. The molecule has 0 heterocycles. The summed E-state index contributed by atoms with van der Waals surface area (Å²) in [6, 6.07) is 0. The van der Waals surface area contributed by atoms with E-state index in [9.17, 15) is 8.42 Å². The third kappa shape index (κ3) is 13.0. The van der Waals surface area contributed by atoms with E-state index in [1.54, 1.807) is 0 Å².